The normalized spacial score (nSPS) is 15.8. The molecule has 0 amide bonds. The topological polar surface area (TPSA) is 76.0 Å². The van der Waals surface area contributed by atoms with E-state index in [1.54, 1.807) is 7.05 Å². The van der Waals surface area contributed by atoms with Crippen molar-refractivity contribution in [2.45, 2.75) is 19.4 Å². The number of nitrogens with zero attached hydrogens (tertiary/aromatic N) is 4. The first-order valence-corrected chi connectivity index (χ1v) is 10.8. The maximum atomic E-state index is 9.74. The zero-order chi connectivity index (χ0) is 21.2. The zero-order valence-electron chi connectivity index (χ0n) is 18.5. The van der Waals surface area contributed by atoms with Crippen molar-refractivity contribution >= 4 is 35.8 Å². The standard InChI is InChI=1S/C23H34N6O.HI/c1-3-28-11-13-29(14-12-28)22-15-19(9-10-25-22)16-26-23(24-2)27-17-21(18-30)20-7-5-4-6-8-20;/h4-10,15,21,30H,3,11-14,16-18H2,1-2H3,(H2,24,26,27);1H. The Balaban J connectivity index is 0.00000341. The van der Waals surface area contributed by atoms with Crippen molar-refractivity contribution < 1.29 is 5.11 Å². The van der Waals surface area contributed by atoms with Crippen molar-refractivity contribution in [3.8, 4) is 0 Å². The van der Waals surface area contributed by atoms with Gasteiger partial charge >= 0.3 is 0 Å². The summed E-state index contributed by atoms with van der Waals surface area (Å²) >= 11 is 0. The van der Waals surface area contributed by atoms with Crippen molar-refractivity contribution in [3.63, 3.8) is 0 Å². The monoisotopic (exact) mass is 538 g/mol. The molecule has 1 unspecified atom stereocenters. The maximum absolute atomic E-state index is 9.74. The Labute approximate surface area is 203 Å². The number of halogens is 1. The summed E-state index contributed by atoms with van der Waals surface area (Å²) in [4.78, 5) is 13.7. The van der Waals surface area contributed by atoms with E-state index in [-0.39, 0.29) is 36.5 Å². The van der Waals surface area contributed by atoms with Crippen LogP contribution in [0.3, 0.4) is 0 Å². The molecule has 8 heteroatoms. The second-order valence-electron chi connectivity index (χ2n) is 7.54. The zero-order valence-corrected chi connectivity index (χ0v) is 20.8. The first-order chi connectivity index (χ1) is 14.7. The van der Waals surface area contributed by atoms with E-state index in [4.69, 9.17) is 0 Å². The van der Waals surface area contributed by atoms with Gasteiger partial charge in [-0.1, -0.05) is 37.3 Å². The molecule has 3 rings (SSSR count). The first-order valence-electron chi connectivity index (χ1n) is 10.8. The third-order valence-corrected chi connectivity index (χ3v) is 5.64. The van der Waals surface area contributed by atoms with Crippen LogP contribution in [0.15, 0.2) is 53.7 Å². The van der Waals surface area contributed by atoms with E-state index in [9.17, 15) is 5.11 Å². The number of rotatable bonds is 8. The van der Waals surface area contributed by atoms with Crippen molar-refractivity contribution in [2.75, 3.05) is 57.8 Å². The van der Waals surface area contributed by atoms with Gasteiger partial charge in [-0.05, 0) is 29.8 Å². The minimum absolute atomic E-state index is 0. The molecule has 0 saturated carbocycles. The maximum Gasteiger partial charge on any atom is 0.191 e. The van der Waals surface area contributed by atoms with Gasteiger partial charge in [-0.15, -0.1) is 24.0 Å². The summed E-state index contributed by atoms with van der Waals surface area (Å²) in [5, 5.41) is 16.4. The van der Waals surface area contributed by atoms with Gasteiger partial charge in [0, 0.05) is 58.4 Å². The lowest BCUT2D eigenvalue weighted by molar-refractivity contribution is 0.265. The SMILES string of the molecule is CCN1CCN(c2cc(CNC(=NC)NCC(CO)c3ccccc3)ccn2)CC1.I. The van der Waals surface area contributed by atoms with Gasteiger partial charge in [0.2, 0.25) is 0 Å². The van der Waals surface area contributed by atoms with Gasteiger partial charge in [0.15, 0.2) is 5.96 Å². The molecule has 7 nitrogen and oxygen atoms in total. The summed E-state index contributed by atoms with van der Waals surface area (Å²) < 4.78 is 0. The fraction of sp³-hybridized carbons (Fsp3) is 0.478. The third kappa shape index (κ3) is 7.62. The molecule has 1 aliphatic rings. The average Bonchev–Trinajstić information content (AvgIpc) is 2.82. The number of anilines is 1. The van der Waals surface area contributed by atoms with Crippen LogP contribution in [0.4, 0.5) is 5.82 Å². The van der Waals surface area contributed by atoms with Crippen molar-refractivity contribution in [2.24, 2.45) is 4.99 Å². The number of pyridine rings is 1. The van der Waals surface area contributed by atoms with Gasteiger partial charge in [-0.2, -0.15) is 0 Å². The van der Waals surface area contributed by atoms with Gasteiger partial charge in [0.05, 0.1) is 6.61 Å². The molecule has 3 N–H and O–H groups in total. The van der Waals surface area contributed by atoms with Crippen LogP contribution in [0.5, 0.6) is 0 Å². The fourth-order valence-electron chi connectivity index (χ4n) is 3.68. The van der Waals surface area contributed by atoms with E-state index in [2.05, 4.69) is 43.4 Å². The molecule has 1 fully saturated rings. The summed E-state index contributed by atoms with van der Waals surface area (Å²) in [7, 11) is 1.76. The fourth-order valence-corrected chi connectivity index (χ4v) is 3.68. The molecule has 31 heavy (non-hydrogen) atoms. The van der Waals surface area contributed by atoms with Gasteiger partial charge in [-0.25, -0.2) is 4.98 Å². The highest BCUT2D eigenvalue weighted by atomic mass is 127. The lowest BCUT2D eigenvalue weighted by atomic mass is 10.0. The molecular formula is C23H35IN6O. The number of nitrogens with one attached hydrogen (secondary N) is 2. The molecule has 0 aliphatic carbocycles. The minimum Gasteiger partial charge on any atom is -0.396 e. The average molecular weight is 538 g/mol. The van der Waals surface area contributed by atoms with Crippen LogP contribution in [-0.4, -0.2) is 73.9 Å². The predicted octanol–water partition coefficient (Wildman–Crippen LogP) is 2.28. The Morgan fingerprint density at radius 3 is 2.52 bits per heavy atom. The minimum atomic E-state index is 0. The van der Waals surface area contributed by atoms with Crippen molar-refractivity contribution in [1.29, 1.82) is 0 Å². The molecule has 2 aromatic rings. The number of piperazine rings is 1. The Morgan fingerprint density at radius 1 is 1.13 bits per heavy atom. The third-order valence-electron chi connectivity index (χ3n) is 5.64. The van der Waals surface area contributed by atoms with Crippen LogP contribution < -0.4 is 15.5 Å². The van der Waals surface area contributed by atoms with Crippen molar-refractivity contribution in [1.82, 2.24) is 20.5 Å². The van der Waals surface area contributed by atoms with Crippen LogP contribution in [0.1, 0.15) is 24.0 Å². The van der Waals surface area contributed by atoms with E-state index < -0.39 is 0 Å². The van der Waals surface area contributed by atoms with E-state index in [0.29, 0.717) is 13.1 Å². The smallest absolute Gasteiger partial charge is 0.191 e. The Bertz CT molecular complexity index is 796. The number of guanidine groups is 1. The van der Waals surface area contributed by atoms with Gasteiger partial charge in [0.25, 0.3) is 0 Å². The Kier molecular flexibility index (Phi) is 11.0. The van der Waals surface area contributed by atoms with Crippen LogP contribution in [0.25, 0.3) is 0 Å². The van der Waals surface area contributed by atoms with E-state index in [0.717, 1.165) is 50.1 Å². The van der Waals surface area contributed by atoms with Gasteiger partial charge in [-0.3, -0.25) is 4.99 Å². The van der Waals surface area contributed by atoms with Crippen LogP contribution >= 0.6 is 24.0 Å². The quantitative estimate of drug-likeness (QED) is 0.272. The molecule has 1 aliphatic heterocycles. The summed E-state index contributed by atoms with van der Waals surface area (Å²) in [5.74, 6) is 1.79. The number of aliphatic hydroxyl groups is 1. The number of aliphatic imine (C=N–C) groups is 1. The number of hydrogen-bond acceptors (Lipinski definition) is 5. The molecule has 0 spiro atoms. The number of hydrogen-bond donors (Lipinski definition) is 3. The molecule has 1 aromatic heterocycles. The van der Waals surface area contributed by atoms with Crippen molar-refractivity contribution in [3.05, 3.63) is 59.8 Å². The van der Waals surface area contributed by atoms with E-state index in [1.807, 2.05) is 42.6 Å². The number of aliphatic hydroxyl groups excluding tert-OH is 1. The van der Waals surface area contributed by atoms with Crippen LogP contribution in [0.2, 0.25) is 0 Å². The molecule has 170 valence electrons. The molecule has 2 heterocycles. The number of benzene rings is 1. The molecule has 1 saturated heterocycles. The molecule has 1 atom stereocenters. The highest BCUT2D eigenvalue weighted by Gasteiger charge is 2.17. The molecular weight excluding hydrogens is 503 g/mol. The molecule has 1 aromatic carbocycles. The second-order valence-corrected chi connectivity index (χ2v) is 7.54. The van der Waals surface area contributed by atoms with Gasteiger partial charge in [0.1, 0.15) is 5.82 Å². The van der Waals surface area contributed by atoms with Crippen LogP contribution in [0, 0.1) is 0 Å². The Hall–Kier alpha value is -1.91. The number of aromatic nitrogens is 1. The summed E-state index contributed by atoms with van der Waals surface area (Å²) in [6, 6.07) is 14.2. The van der Waals surface area contributed by atoms with Gasteiger partial charge < -0.3 is 25.5 Å². The highest BCUT2D eigenvalue weighted by molar-refractivity contribution is 14.0. The van der Waals surface area contributed by atoms with E-state index in [1.165, 1.54) is 5.56 Å². The largest absolute Gasteiger partial charge is 0.396 e. The first kappa shape index (κ1) is 25.4. The Morgan fingerprint density at radius 2 is 1.87 bits per heavy atom. The lowest BCUT2D eigenvalue weighted by Crippen LogP contribution is -2.46. The lowest BCUT2D eigenvalue weighted by Gasteiger charge is -2.34. The molecule has 0 bridgehead atoms. The predicted molar refractivity (Wildman–Crippen MR) is 138 cm³/mol. The summed E-state index contributed by atoms with van der Waals surface area (Å²) in [6.45, 7) is 8.90. The van der Waals surface area contributed by atoms with E-state index >= 15 is 0 Å². The summed E-state index contributed by atoms with van der Waals surface area (Å²) in [5.41, 5.74) is 2.28. The number of likely N-dealkylation sites (N-methyl/N-ethyl adjacent to an activating group) is 1. The second kappa shape index (κ2) is 13.5. The molecule has 0 radical (unpaired) electrons. The van der Waals surface area contributed by atoms with Crippen LogP contribution in [-0.2, 0) is 6.54 Å². The summed E-state index contributed by atoms with van der Waals surface area (Å²) in [6.07, 6.45) is 1.88. The highest BCUT2D eigenvalue weighted by Crippen LogP contribution is 2.15.